The highest BCUT2D eigenvalue weighted by Gasteiger charge is 2.25. The van der Waals surface area contributed by atoms with Crippen molar-refractivity contribution >= 4 is 21.6 Å². The average Bonchev–Trinajstić information content (AvgIpc) is 3.22. The Kier molecular flexibility index (Phi) is 6.05. The van der Waals surface area contributed by atoms with Gasteiger partial charge in [-0.25, -0.2) is 12.7 Å². The van der Waals surface area contributed by atoms with Gasteiger partial charge in [0.1, 0.15) is 0 Å². The third-order valence-electron chi connectivity index (χ3n) is 5.09. The first-order chi connectivity index (χ1) is 13.3. The van der Waals surface area contributed by atoms with Crippen molar-refractivity contribution in [2.24, 2.45) is 0 Å². The average molecular weight is 402 g/mol. The van der Waals surface area contributed by atoms with E-state index in [0.717, 1.165) is 41.5 Å². The SMILES string of the molecule is CC(NC(=O)c1cc(S(=O)(=O)N(C)C)ccc1N1CCCC1)c1ccccc1. The van der Waals surface area contributed by atoms with Crippen LogP contribution in [0.25, 0.3) is 0 Å². The van der Waals surface area contributed by atoms with Crippen LogP contribution < -0.4 is 10.2 Å². The molecule has 2 aromatic carbocycles. The van der Waals surface area contributed by atoms with E-state index in [1.165, 1.54) is 20.2 Å². The summed E-state index contributed by atoms with van der Waals surface area (Å²) in [5.74, 6) is -0.269. The Balaban J connectivity index is 1.96. The molecule has 1 N–H and O–H groups in total. The minimum Gasteiger partial charge on any atom is -0.371 e. The van der Waals surface area contributed by atoms with Crippen LogP contribution in [-0.4, -0.2) is 45.8 Å². The number of carbonyl (C=O) groups excluding carboxylic acids is 1. The van der Waals surface area contributed by atoms with Gasteiger partial charge in [0, 0.05) is 32.9 Å². The van der Waals surface area contributed by atoms with E-state index in [-0.39, 0.29) is 16.8 Å². The maximum Gasteiger partial charge on any atom is 0.253 e. The van der Waals surface area contributed by atoms with E-state index >= 15 is 0 Å². The summed E-state index contributed by atoms with van der Waals surface area (Å²) in [6.07, 6.45) is 2.14. The van der Waals surface area contributed by atoms with Crippen molar-refractivity contribution in [3.05, 3.63) is 59.7 Å². The molecule has 1 amide bonds. The van der Waals surface area contributed by atoms with Gasteiger partial charge in [0.25, 0.3) is 5.91 Å². The highest BCUT2D eigenvalue weighted by atomic mass is 32.2. The lowest BCUT2D eigenvalue weighted by Gasteiger charge is -2.23. The molecule has 1 unspecified atom stereocenters. The maximum absolute atomic E-state index is 13.1. The molecule has 1 aliphatic rings. The lowest BCUT2D eigenvalue weighted by Crippen LogP contribution is -2.30. The lowest BCUT2D eigenvalue weighted by atomic mass is 10.1. The molecule has 3 rings (SSSR count). The van der Waals surface area contributed by atoms with E-state index in [4.69, 9.17) is 0 Å². The van der Waals surface area contributed by atoms with E-state index in [1.54, 1.807) is 12.1 Å². The van der Waals surface area contributed by atoms with Gasteiger partial charge < -0.3 is 10.2 Å². The van der Waals surface area contributed by atoms with Crippen molar-refractivity contribution < 1.29 is 13.2 Å². The fourth-order valence-electron chi connectivity index (χ4n) is 3.40. The quantitative estimate of drug-likeness (QED) is 0.808. The summed E-state index contributed by atoms with van der Waals surface area (Å²) in [4.78, 5) is 15.4. The molecule has 0 bridgehead atoms. The molecule has 150 valence electrons. The summed E-state index contributed by atoms with van der Waals surface area (Å²) in [6, 6.07) is 14.3. The summed E-state index contributed by atoms with van der Waals surface area (Å²) >= 11 is 0. The summed E-state index contributed by atoms with van der Waals surface area (Å²) in [5.41, 5.74) is 2.18. The predicted molar refractivity (Wildman–Crippen MR) is 111 cm³/mol. The van der Waals surface area contributed by atoms with E-state index in [2.05, 4.69) is 10.2 Å². The lowest BCUT2D eigenvalue weighted by molar-refractivity contribution is 0.0940. The second-order valence-corrected chi connectivity index (χ2v) is 9.42. The third kappa shape index (κ3) is 4.20. The van der Waals surface area contributed by atoms with Gasteiger partial charge in [-0.3, -0.25) is 4.79 Å². The second-order valence-electron chi connectivity index (χ2n) is 7.27. The molecule has 1 atom stereocenters. The van der Waals surface area contributed by atoms with Crippen LogP contribution in [0.15, 0.2) is 53.4 Å². The molecule has 0 aromatic heterocycles. The molecule has 7 heteroatoms. The first kappa shape index (κ1) is 20.4. The molecule has 0 radical (unpaired) electrons. The zero-order chi connectivity index (χ0) is 20.3. The Morgan fingerprint density at radius 3 is 2.32 bits per heavy atom. The smallest absolute Gasteiger partial charge is 0.253 e. The molecule has 1 saturated heterocycles. The number of hydrogen-bond acceptors (Lipinski definition) is 4. The summed E-state index contributed by atoms with van der Waals surface area (Å²) in [5, 5.41) is 3.01. The van der Waals surface area contributed by atoms with Crippen LogP contribution >= 0.6 is 0 Å². The minimum atomic E-state index is -3.62. The van der Waals surface area contributed by atoms with E-state index in [0.29, 0.717) is 5.56 Å². The van der Waals surface area contributed by atoms with E-state index < -0.39 is 10.0 Å². The van der Waals surface area contributed by atoms with Gasteiger partial charge in [-0.15, -0.1) is 0 Å². The fourth-order valence-corrected chi connectivity index (χ4v) is 4.33. The Bertz CT molecular complexity index is 937. The standard InChI is InChI=1S/C21H27N3O3S/c1-16(17-9-5-4-6-10-17)22-21(25)19-15-18(28(26,27)23(2)3)11-12-20(19)24-13-7-8-14-24/h4-6,9-12,15-16H,7-8,13-14H2,1-3H3,(H,22,25). The van der Waals surface area contributed by atoms with Crippen molar-refractivity contribution in [2.75, 3.05) is 32.1 Å². The Labute approximate surface area is 167 Å². The van der Waals surface area contributed by atoms with Crippen molar-refractivity contribution in [2.45, 2.75) is 30.7 Å². The van der Waals surface area contributed by atoms with Gasteiger partial charge in [0.15, 0.2) is 0 Å². The van der Waals surface area contributed by atoms with Crippen LogP contribution in [0.1, 0.15) is 41.7 Å². The number of nitrogens with one attached hydrogen (secondary N) is 1. The maximum atomic E-state index is 13.1. The Morgan fingerprint density at radius 2 is 1.71 bits per heavy atom. The molecular formula is C21H27N3O3S. The number of nitrogens with zero attached hydrogens (tertiary/aromatic N) is 2. The number of carbonyl (C=O) groups is 1. The zero-order valence-electron chi connectivity index (χ0n) is 16.6. The third-order valence-corrected chi connectivity index (χ3v) is 6.90. The van der Waals surface area contributed by atoms with Crippen LogP contribution in [0.3, 0.4) is 0 Å². The van der Waals surface area contributed by atoms with Crippen molar-refractivity contribution in [1.82, 2.24) is 9.62 Å². The zero-order valence-corrected chi connectivity index (χ0v) is 17.4. The van der Waals surface area contributed by atoms with Gasteiger partial charge in [-0.1, -0.05) is 30.3 Å². The van der Waals surface area contributed by atoms with Gasteiger partial charge in [-0.05, 0) is 43.5 Å². The normalized spacial score (nSPS) is 15.6. The molecular weight excluding hydrogens is 374 g/mol. The molecule has 2 aromatic rings. The van der Waals surface area contributed by atoms with Crippen LogP contribution in [0.4, 0.5) is 5.69 Å². The highest BCUT2D eigenvalue weighted by molar-refractivity contribution is 7.89. The van der Waals surface area contributed by atoms with Gasteiger partial charge in [-0.2, -0.15) is 0 Å². The van der Waals surface area contributed by atoms with Crippen LogP contribution in [0, 0.1) is 0 Å². The van der Waals surface area contributed by atoms with Gasteiger partial charge in [0.05, 0.1) is 16.5 Å². The highest BCUT2D eigenvalue weighted by Crippen LogP contribution is 2.28. The molecule has 0 aliphatic carbocycles. The van der Waals surface area contributed by atoms with Crippen molar-refractivity contribution in [1.29, 1.82) is 0 Å². The molecule has 1 heterocycles. The number of anilines is 1. The molecule has 28 heavy (non-hydrogen) atoms. The second kappa shape index (κ2) is 8.32. The monoisotopic (exact) mass is 401 g/mol. The largest absolute Gasteiger partial charge is 0.371 e. The van der Waals surface area contributed by atoms with E-state index in [1.807, 2.05) is 37.3 Å². The minimum absolute atomic E-state index is 0.123. The summed E-state index contributed by atoms with van der Waals surface area (Å²) < 4.78 is 26.3. The summed E-state index contributed by atoms with van der Waals surface area (Å²) in [7, 11) is -0.645. The van der Waals surface area contributed by atoms with Crippen LogP contribution in [0.2, 0.25) is 0 Å². The number of benzene rings is 2. The molecule has 0 spiro atoms. The van der Waals surface area contributed by atoms with Crippen molar-refractivity contribution in [3.8, 4) is 0 Å². The molecule has 1 aliphatic heterocycles. The summed E-state index contributed by atoms with van der Waals surface area (Å²) in [6.45, 7) is 3.66. The van der Waals surface area contributed by atoms with Crippen LogP contribution in [0.5, 0.6) is 0 Å². The fraction of sp³-hybridized carbons (Fsp3) is 0.381. The number of rotatable bonds is 6. The van der Waals surface area contributed by atoms with Crippen LogP contribution in [-0.2, 0) is 10.0 Å². The van der Waals surface area contributed by atoms with Gasteiger partial charge in [0.2, 0.25) is 10.0 Å². The van der Waals surface area contributed by atoms with Gasteiger partial charge >= 0.3 is 0 Å². The van der Waals surface area contributed by atoms with E-state index in [9.17, 15) is 13.2 Å². The molecule has 6 nitrogen and oxygen atoms in total. The Hall–Kier alpha value is -2.38. The number of sulfonamides is 1. The Morgan fingerprint density at radius 1 is 1.07 bits per heavy atom. The predicted octanol–water partition coefficient (Wildman–Crippen LogP) is 3.03. The molecule has 0 saturated carbocycles. The topological polar surface area (TPSA) is 69.7 Å². The van der Waals surface area contributed by atoms with Crippen molar-refractivity contribution in [3.63, 3.8) is 0 Å². The first-order valence-electron chi connectivity index (χ1n) is 9.48. The molecule has 1 fully saturated rings. The number of amides is 1. The number of hydrogen-bond donors (Lipinski definition) is 1. The first-order valence-corrected chi connectivity index (χ1v) is 10.9.